The lowest BCUT2D eigenvalue weighted by molar-refractivity contribution is -0.0763. The van der Waals surface area contributed by atoms with Gasteiger partial charge in [-0.05, 0) is 71.4 Å². The van der Waals surface area contributed by atoms with Gasteiger partial charge in [0.15, 0.2) is 11.5 Å². The summed E-state index contributed by atoms with van der Waals surface area (Å²) >= 11 is 7.56. The van der Waals surface area contributed by atoms with E-state index in [4.69, 9.17) is 30.9 Å². The van der Waals surface area contributed by atoms with Gasteiger partial charge in [0, 0.05) is 17.0 Å². The first kappa shape index (κ1) is 27.2. The number of halogens is 1. The number of amides is 1. The molecule has 1 N–H and O–H groups in total. The zero-order chi connectivity index (χ0) is 29.7. The number of thioether (sulfide) groups is 1. The van der Waals surface area contributed by atoms with Crippen LogP contribution in [0.5, 0.6) is 23.0 Å². The van der Waals surface area contributed by atoms with Crippen LogP contribution in [-0.2, 0) is 0 Å². The van der Waals surface area contributed by atoms with Gasteiger partial charge in [-0.3, -0.25) is 4.79 Å². The summed E-state index contributed by atoms with van der Waals surface area (Å²) in [6.45, 7) is 0. The molecule has 0 bridgehead atoms. The highest BCUT2D eigenvalue weighted by atomic mass is 35.5. The number of para-hydroxylation sites is 1. The van der Waals surface area contributed by atoms with Crippen molar-refractivity contribution < 1.29 is 24.1 Å². The maximum Gasteiger partial charge on any atom is 0.321 e. The summed E-state index contributed by atoms with van der Waals surface area (Å²) in [5, 5.41) is 18.0. The second-order valence-corrected chi connectivity index (χ2v) is 11.6. The van der Waals surface area contributed by atoms with Crippen LogP contribution in [-0.4, -0.2) is 41.1 Å². The van der Waals surface area contributed by atoms with Crippen molar-refractivity contribution in [2.45, 2.75) is 18.3 Å². The number of phenolic OH excluding ortho intramolecular Hbond substituents is 1. The Bertz CT molecular complexity index is 1770. The van der Waals surface area contributed by atoms with Crippen molar-refractivity contribution in [3.63, 3.8) is 0 Å². The topological polar surface area (TPSA) is 83.8 Å². The Morgan fingerprint density at radius 2 is 1.67 bits per heavy atom. The second-order valence-electron chi connectivity index (χ2n) is 10.2. The first-order valence-electron chi connectivity index (χ1n) is 13.6. The number of benzene rings is 4. The molecule has 0 saturated carbocycles. The zero-order valence-corrected chi connectivity index (χ0v) is 24.8. The van der Waals surface area contributed by atoms with E-state index in [0.717, 1.165) is 28.6 Å². The van der Waals surface area contributed by atoms with Crippen molar-refractivity contribution in [2.24, 2.45) is 5.10 Å². The highest BCUT2D eigenvalue weighted by Crippen LogP contribution is 2.58. The van der Waals surface area contributed by atoms with E-state index < -0.39 is 5.85 Å². The number of nitrogens with zero attached hydrogens (tertiary/aromatic N) is 3. The number of aromatic hydroxyl groups is 1. The molecule has 0 aromatic heterocycles. The second kappa shape index (κ2) is 10.6. The van der Waals surface area contributed by atoms with Gasteiger partial charge in [0.2, 0.25) is 5.75 Å². The van der Waals surface area contributed by atoms with E-state index in [1.165, 1.54) is 14.2 Å². The zero-order valence-electron chi connectivity index (χ0n) is 23.2. The Morgan fingerprint density at radius 1 is 1.00 bits per heavy atom. The van der Waals surface area contributed by atoms with E-state index in [1.54, 1.807) is 23.1 Å². The number of methoxy groups -OCH3 is 2. The van der Waals surface area contributed by atoms with Crippen molar-refractivity contribution in [3.05, 3.63) is 118 Å². The molecule has 1 amide bonds. The molecule has 3 heterocycles. The van der Waals surface area contributed by atoms with Gasteiger partial charge in [-0.2, -0.15) is 5.10 Å². The van der Waals surface area contributed by atoms with Crippen molar-refractivity contribution in [2.75, 3.05) is 19.1 Å². The summed E-state index contributed by atoms with van der Waals surface area (Å²) in [4.78, 5) is 16.3. The largest absolute Gasteiger partial charge is 0.502 e. The van der Waals surface area contributed by atoms with E-state index in [9.17, 15) is 9.90 Å². The molecule has 10 heteroatoms. The van der Waals surface area contributed by atoms with Crippen LogP contribution in [0.4, 0.5) is 10.5 Å². The molecule has 2 atom stereocenters. The van der Waals surface area contributed by atoms with Gasteiger partial charge in [0.05, 0.1) is 36.6 Å². The van der Waals surface area contributed by atoms with Crippen molar-refractivity contribution in [3.8, 4) is 23.0 Å². The van der Waals surface area contributed by atoms with E-state index in [-0.39, 0.29) is 28.5 Å². The molecule has 1 fully saturated rings. The predicted octanol–water partition coefficient (Wildman–Crippen LogP) is 7.67. The molecule has 43 heavy (non-hydrogen) atoms. The monoisotopic (exact) mass is 611 g/mol. The Hall–Kier alpha value is -4.60. The summed E-state index contributed by atoms with van der Waals surface area (Å²) < 4.78 is 17.8. The highest BCUT2D eigenvalue weighted by molar-refractivity contribution is 8.17. The number of hydrazone groups is 1. The minimum Gasteiger partial charge on any atom is -0.502 e. The lowest BCUT2D eigenvalue weighted by Gasteiger charge is -2.49. The summed E-state index contributed by atoms with van der Waals surface area (Å²) in [7, 11) is 2.94. The van der Waals surface area contributed by atoms with E-state index in [0.29, 0.717) is 33.3 Å². The fourth-order valence-electron chi connectivity index (χ4n) is 5.79. The average Bonchev–Trinajstić information content (AvgIpc) is 3.60. The standard InChI is InChI=1S/C33H26ClN3O5S/c1-40-28-15-20(16-29(41-2)31(28)38)17-30-33(36(32(39)43-30)23-11-7-4-8-12-23)37-26(24-18-22(34)13-14-27(24)42-33)19-25(35-37)21-9-5-3-6-10-21/h3-18,26,38H,19H2,1-2H3/b30-17-. The van der Waals surface area contributed by atoms with Crippen LogP contribution in [0.1, 0.15) is 29.2 Å². The maximum absolute atomic E-state index is 14.0. The fraction of sp³-hybridized carbons (Fsp3) is 0.152. The number of rotatable bonds is 5. The summed E-state index contributed by atoms with van der Waals surface area (Å²) in [6.07, 6.45) is 2.43. The molecule has 0 aliphatic carbocycles. The number of phenols is 1. The molecule has 4 aromatic carbocycles. The van der Waals surface area contributed by atoms with Crippen LogP contribution >= 0.6 is 23.4 Å². The van der Waals surface area contributed by atoms with Gasteiger partial charge in [-0.1, -0.05) is 60.1 Å². The predicted molar refractivity (Wildman–Crippen MR) is 168 cm³/mol. The normalized spacial score (nSPS) is 21.5. The van der Waals surface area contributed by atoms with Crippen molar-refractivity contribution in [1.82, 2.24) is 5.01 Å². The molecule has 3 aliphatic rings. The first-order chi connectivity index (χ1) is 20.9. The maximum atomic E-state index is 14.0. The van der Waals surface area contributed by atoms with Crippen LogP contribution in [0.2, 0.25) is 5.02 Å². The van der Waals surface area contributed by atoms with Gasteiger partial charge in [-0.25, -0.2) is 9.91 Å². The Kier molecular flexibility index (Phi) is 6.71. The third-order valence-corrected chi connectivity index (χ3v) is 8.93. The quantitative estimate of drug-likeness (QED) is 0.248. The molecule has 3 aliphatic heterocycles. The number of carbonyl (C=O) groups is 1. The average molecular weight is 612 g/mol. The Labute approximate surface area is 257 Å². The van der Waals surface area contributed by atoms with Crippen LogP contribution < -0.4 is 19.1 Å². The van der Waals surface area contributed by atoms with E-state index in [1.807, 2.05) is 83.9 Å². The van der Waals surface area contributed by atoms with Crippen molar-refractivity contribution in [1.29, 1.82) is 0 Å². The number of carbonyl (C=O) groups excluding carboxylic acids is 1. The minimum absolute atomic E-state index is 0.112. The molecule has 216 valence electrons. The molecule has 8 nitrogen and oxygen atoms in total. The smallest absolute Gasteiger partial charge is 0.321 e. The van der Waals surface area contributed by atoms with Crippen LogP contribution in [0.3, 0.4) is 0 Å². The summed E-state index contributed by atoms with van der Waals surface area (Å²) in [5.41, 5.74) is 4.04. The minimum atomic E-state index is -1.47. The van der Waals surface area contributed by atoms with Crippen LogP contribution in [0.25, 0.3) is 6.08 Å². The molecule has 1 saturated heterocycles. The van der Waals surface area contributed by atoms with Crippen LogP contribution in [0, 0.1) is 0 Å². The molecule has 1 spiro atoms. The van der Waals surface area contributed by atoms with Gasteiger partial charge in [-0.15, -0.1) is 0 Å². The van der Waals surface area contributed by atoms with Gasteiger partial charge >= 0.3 is 5.85 Å². The fourth-order valence-corrected chi connectivity index (χ4v) is 7.03. The van der Waals surface area contributed by atoms with Gasteiger partial charge in [0.1, 0.15) is 5.75 Å². The lowest BCUT2D eigenvalue weighted by Crippen LogP contribution is -2.63. The van der Waals surface area contributed by atoms with E-state index >= 15 is 0 Å². The molecular weight excluding hydrogens is 586 g/mol. The summed E-state index contributed by atoms with van der Waals surface area (Å²) in [5.74, 6) is -0.494. The number of fused-ring (bicyclic) bond motifs is 4. The highest BCUT2D eigenvalue weighted by Gasteiger charge is 2.63. The van der Waals surface area contributed by atoms with E-state index in [2.05, 4.69) is 0 Å². The van der Waals surface area contributed by atoms with Crippen LogP contribution in [0.15, 0.2) is 101 Å². The lowest BCUT2D eigenvalue weighted by atomic mass is 9.95. The molecule has 7 rings (SSSR count). The van der Waals surface area contributed by atoms with Crippen molar-refractivity contribution >= 4 is 46.1 Å². The number of anilines is 1. The summed E-state index contributed by atoms with van der Waals surface area (Å²) in [6, 6.07) is 28.0. The molecular formula is C33H26ClN3O5S. The first-order valence-corrected chi connectivity index (χ1v) is 14.8. The Balaban J connectivity index is 1.49. The number of hydrogen-bond acceptors (Lipinski definition) is 8. The number of ether oxygens (including phenoxy) is 3. The van der Waals surface area contributed by atoms with Gasteiger partial charge in [0.25, 0.3) is 5.24 Å². The Morgan fingerprint density at radius 3 is 2.35 bits per heavy atom. The molecule has 2 unspecified atom stereocenters. The third kappa shape index (κ3) is 4.38. The third-order valence-electron chi connectivity index (χ3n) is 7.73. The molecule has 0 radical (unpaired) electrons. The van der Waals surface area contributed by atoms with Gasteiger partial charge < -0.3 is 19.3 Å². The SMILES string of the molecule is COc1cc(/C=C2\SC(=O)N(c3ccccc3)C23Oc2ccc(Cl)cc2C2CC(c4ccccc4)=NN23)cc(OC)c1O. The molecule has 4 aromatic rings. The number of hydrogen-bond donors (Lipinski definition) is 1.